The van der Waals surface area contributed by atoms with E-state index in [0.29, 0.717) is 6.42 Å². The lowest BCUT2D eigenvalue weighted by Crippen LogP contribution is -2.36. The Morgan fingerprint density at radius 1 is 1.50 bits per heavy atom. The molecule has 0 aliphatic heterocycles. The summed E-state index contributed by atoms with van der Waals surface area (Å²) in [5.41, 5.74) is 6.48. The van der Waals surface area contributed by atoms with Crippen LogP contribution in [0.2, 0.25) is 0 Å². The Bertz CT molecular complexity index is 373. The average Bonchev–Trinajstić information content (AvgIpc) is 2.63. The number of aryl methyl sites for hydroxylation is 1. The van der Waals surface area contributed by atoms with E-state index in [4.69, 9.17) is 5.73 Å². The number of thiazole rings is 1. The quantitative estimate of drug-likeness (QED) is 0.782. The molecule has 8 heteroatoms. The summed E-state index contributed by atoms with van der Waals surface area (Å²) in [6.07, 6.45) is -3.35. The van der Waals surface area contributed by atoms with Crippen LogP contribution in [0.15, 0.2) is 5.38 Å². The number of nitrogens with zero attached hydrogens (tertiary/aromatic N) is 1. The van der Waals surface area contributed by atoms with E-state index in [0.717, 1.165) is 10.7 Å². The van der Waals surface area contributed by atoms with Gasteiger partial charge in [-0.05, 0) is 6.92 Å². The molecule has 2 N–H and O–H groups in total. The van der Waals surface area contributed by atoms with E-state index < -0.39 is 25.0 Å². The second-order valence-corrected chi connectivity index (χ2v) is 4.87. The highest BCUT2D eigenvalue weighted by Crippen LogP contribution is 2.22. The Labute approximate surface area is 106 Å². The molecule has 1 heterocycles. The van der Waals surface area contributed by atoms with Crippen LogP contribution < -0.4 is 5.73 Å². The van der Waals surface area contributed by atoms with Crippen molar-refractivity contribution in [3.8, 4) is 0 Å². The number of aromatic nitrogens is 1. The fraction of sp³-hybridized carbons (Fsp3) is 0.700. The second kappa shape index (κ2) is 6.44. The minimum atomic E-state index is -4.13. The van der Waals surface area contributed by atoms with Crippen LogP contribution in [0.25, 0.3) is 0 Å². The molecular formula is C10H14F4N2OS. The van der Waals surface area contributed by atoms with Crippen LogP contribution in [-0.2, 0) is 11.2 Å². The SMILES string of the molecule is Cc1csc(CC(N)COCC(F)(F)C(F)F)n1. The molecule has 0 aliphatic carbocycles. The zero-order chi connectivity index (χ0) is 13.8. The van der Waals surface area contributed by atoms with Gasteiger partial charge in [0, 0.05) is 23.5 Å². The summed E-state index contributed by atoms with van der Waals surface area (Å²) < 4.78 is 53.2. The maximum atomic E-state index is 12.5. The van der Waals surface area contributed by atoms with Gasteiger partial charge in [-0.2, -0.15) is 8.78 Å². The smallest absolute Gasteiger partial charge is 0.330 e. The summed E-state index contributed by atoms with van der Waals surface area (Å²) >= 11 is 1.41. The highest BCUT2D eigenvalue weighted by molar-refractivity contribution is 7.09. The van der Waals surface area contributed by atoms with E-state index in [1.54, 1.807) is 0 Å². The van der Waals surface area contributed by atoms with Crippen molar-refractivity contribution < 1.29 is 22.3 Å². The van der Waals surface area contributed by atoms with Gasteiger partial charge in [0.1, 0.15) is 6.61 Å². The van der Waals surface area contributed by atoms with Crippen molar-refractivity contribution in [1.82, 2.24) is 4.98 Å². The Morgan fingerprint density at radius 2 is 2.17 bits per heavy atom. The number of alkyl halides is 4. The maximum Gasteiger partial charge on any atom is 0.330 e. The van der Waals surface area contributed by atoms with Gasteiger partial charge in [0.2, 0.25) is 0 Å². The summed E-state index contributed by atoms with van der Waals surface area (Å²) in [5, 5.41) is 2.61. The standard InChI is InChI=1S/C10H14F4N2OS/c1-6-4-18-8(16-6)2-7(15)3-17-5-10(13,14)9(11)12/h4,7,9H,2-3,5,15H2,1H3. The average molecular weight is 286 g/mol. The van der Waals surface area contributed by atoms with Crippen LogP contribution in [0.3, 0.4) is 0 Å². The predicted octanol–water partition coefficient (Wildman–Crippen LogP) is 2.24. The molecule has 1 aromatic heterocycles. The number of rotatable bonds is 7. The van der Waals surface area contributed by atoms with Crippen molar-refractivity contribution in [1.29, 1.82) is 0 Å². The van der Waals surface area contributed by atoms with Crippen molar-refractivity contribution >= 4 is 11.3 Å². The first-order valence-corrected chi connectivity index (χ1v) is 6.09. The van der Waals surface area contributed by atoms with Crippen molar-refractivity contribution in [3.63, 3.8) is 0 Å². The molecule has 0 radical (unpaired) electrons. The van der Waals surface area contributed by atoms with Gasteiger partial charge in [-0.1, -0.05) is 0 Å². The van der Waals surface area contributed by atoms with Crippen LogP contribution in [-0.4, -0.2) is 36.6 Å². The van der Waals surface area contributed by atoms with E-state index in [-0.39, 0.29) is 6.61 Å². The fourth-order valence-electron chi connectivity index (χ4n) is 1.19. The van der Waals surface area contributed by atoms with Gasteiger partial charge >= 0.3 is 12.3 Å². The number of halogens is 4. The lowest BCUT2D eigenvalue weighted by Gasteiger charge is -2.17. The largest absolute Gasteiger partial charge is 0.373 e. The molecule has 18 heavy (non-hydrogen) atoms. The zero-order valence-corrected chi connectivity index (χ0v) is 10.5. The van der Waals surface area contributed by atoms with Crippen molar-refractivity contribution in [2.75, 3.05) is 13.2 Å². The van der Waals surface area contributed by atoms with Gasteiger partial charge in [-0.25, -0.2) is 13.8 Å². The summed E-state index contributed by atoms with van der Waals surface area (Å²) in [5.74, 6) is -4.13. The van der Waals surface area contributed by atoms with Gasteiger partial charge in [0.15, 0.2) is 0 Å². The van der Waals surface area contributed by atoms with Gasteiger partial charge in [-0.3, -0.25) is 0 Å². The minimum absolute atomic E-state index is 0.207. The topological polar surface area (TPSA) is 48.1 Å². The molecule has 1 atom stereocenters. The van der Waals surface area contributed by atoms with Crippen LogP contribution in [0.1, 0.15) is 10.7 Å². The first kappa shape index (κ1) is 15.3. The van der Waals surface area contributed by atoms with Crippen LogP contribution in [0.5, 0.6) is 0 Å². The third-order valence-electron chi connectivity index (χ3n) is 2.05. The van der Waals surface area contributed by atoms with E-state index >= 15 is 0 Å². The normalized spacial score (nSPS) is 14.2. The van der Waals surface area contributed by atoms with Gasteiger partial charge in [0.25, 0.3) is 0 Å². The maximum absolute atomic E-state index is 12.5. The minimum Gasteiger partial charge on any atom is -0.373 e. The van der Waals surface area contributed by atoms with Crippen LogP contribution in [0.4, 0.5) is 17.6 Å². The summed E-state index contributed by atoms with van der Waals surface area (Å²) in [7, 11) is 0. The van der Waals surface area contributed by atoms with Crippen molar-refractivity contribution in [2.45, 2.75) is 31.7 Å². The van der Waals surface area contributed by atoms with Gasteiger partial charge < -0.3 is 10.5 Å². The summed E-state index contributed by atoms with van der Waals surface area (Å²) in [6.45, 7) is 0.293. The van der Waals surface area contributed by atoms with Gasteiger partial charge in [0.05, 0.1) is 11.6 Å². The van der Waals surface area contributed by atoms with E-state index in [2.05, 4.69) is 9.72 Å². The molecular weight excluding hydrogens is 272 g/mol. The van der Waals surface area contributed by atoms with Crippen LogP contribution in [0, 0.1) is 6.92 Å². The molecule has 1 aromatic rings. The van der Waals surface area contributed by atoms with Crippen LogP contribution >= 0.6 is 11.3 Å². The third-order valence-corrected chi connectivity index (χ3v) is 3.04. The number of ether oxygens (including phenoxy) is 1. The van der Waals surface area contributed by atoms with E-state index in [9.17, 15) is 17.6 Å². The first-order valence-electron chi connectivity index (χ1n) is 5.21. The monoisotopic (exact) mass is 286 g/mol. The number of nitrogens with two attached hydrogens (primary N) is 1. The van der Waals surface area contributed by atoms with Crippen molar-refractivity contribution in [2.24, 2.45) is 5.73 Å². The highest BCUT2D eigenvalue weighted by atomic mass is 32.1. The second-order valence-electron chi connectivity index (χ2n) is 3.92. The highest BCUT2D eigenvalue weighted by Gasteiger charge is 2.41. The Balaban J connectivity index is 2.27. The zero-order valence-electron chi connectivity index (χ0n) is 9.71. The lowest BCUT2D eigenvalue weighted by atomic mass is 10.2. The summed E-state index contributed by atoms with van der Waals surface area (Å²) in [6, 6.07) is -0.538. The molecule has 0 amide bonds. The molecule has 0 saturated heterocycles. The number of hydrogen-bond donors (Lipinski definition) is 1. The molecule has 0 fully saturated rings. The fourth-order valence-corrected chi connectivity index (χ4v) is 2.06. The van der Waals surface area contributed by atoms with E-state index in [1.807, 2.05) is 12.3 Å². The Hall–Kier alpha value is -0.730. The first-order chi connectivity index (χ1) is 8.31. The lowest BCUT2D eigenvalue weighted by molar-refractivity contribution is -0.166. The molecule has 0 aromatic carbocycles. The predicted molar refractivity (Wildman–Crippen MR) is 60.3 cm³/mol. The molecule has 1 unspecified atom stereocenters. The summed E-state index contributed by atoms with van der Waals surface area (Å²) in [4.78, 5) is 4.15. The van der Waals surface area contributed by atoms with Crippen molar-refractivity contribution in [3.05, 3.63) is 16.1 Å². The molecule has 0 bridgehead atoms. The molecule has 0 spiro atoms. The molecule has 3 nitrogen and oxygen atoms in total. The molecule has 0 saturated carbocycles. The molecule has 0 aliphatic rings. The van der Waals surface area contributed by atoms with Gasteiger partial charge in [-0.15, -0.1) is 11.3 Å². The molecule has 1 rings (SSSR count). The Morgan fingerprint density at radius 3 is 2.67 bits per heavy atom. The Kier molecular flexibility index (Phi) is 5.48. The molecule has 104 valence electrons. The number of hydrogen-bond acceptors (Lipinski definition) is 4. The van der Waals surface area contributed by atoms with E-state index in [1.165, 1.54) is 11.3 Å². The third kappa shape index (κ3) is 4.87.